The molecule has 1 aromatic rings. The van der Waals surface area contributed by atoms with E-state index in [1.165, 1.54) is 16.4 Å². The number of ether oxygens (including phenoxy) is 1. The number of halogens is 1. The van der Waals surface area contributed by atoms with E-state index in [-0.39, 0.29) is 18.0 Å². The summed E-state index contributed by atoms with van der Waals surface area (Å²) in [7, 11) is -2.62. The molecule has 9 heteroatoms. The second kappa shape index (κ2) is 10.6. The van der Waals surface area contributed by atoms with Crippen LogP contribution in [0.25, 0.3) is 0 Å². The Morgan fingerprint density at radius 1 is 1.17 bits per heavy atom. The van der Waals surface area contributed by atoms with Gasteiger partial charge in [0, 0.05) is 32.7 Å². The fourth-order valence-corrected chi connectivity index (χ4v) is 2.94. The lowest BCUT2D eigenvalue weighted by atomic mass is 10.1. The number of hydrogen-bond acceptors (Lipinski definition) is 5. The van der Waals surface area contributed by atoms with E-state index in [0.717, 1.165) is 18.7 Å². The number of nitrogens with zero attached hydrogens (tertiary/aromatic N) is 2. The number of hydrogen-bond donors (Lipinski definition) is 2. The van der Waals surface area contributed by atoms with Gasteiger partial charge in [0.2, 0.25) is 10.9 Å². The maximum Gasteiger partial charge on any atom is 0.335 e. The number of benzene rings is 1. The van der Waals surface area contributed by atoms with Gasteiger partial charge in [-0.05, 0) is 24.1 Å². The molecule has 1 N–H and O–H groups in total. The van der Waals surface area contributed by atoms with Gasteiger partial charge in [-0.25, -0.2) is 17.5 Å². The van der Waals surface area contributed by atoms with Crippen LogP contribution in [0.1, 0.15) is 15.9 Å². The summed E-state index contributed by atoms with van der Waals surface area (Å²) in [5.41, 5.74) is 1.15. The van der Waals surface area contributed by atoms with Crippen molar-refractivity contribution in [2.45, 2.75) is 6.42 Å². The van der Waals surface area contributed by atoms with Gasteiger partial charge in [0.05, 0.1) is 18.8 Å². The van der Waals surface area contributed by atoms with Crippen LogP contribution < -0.4 is 0 Å². The number of thiol groups is 1. The van der Waals surface area contributed by atoms with Crippen molar-refractivity contribution in [1.82, 2.24) is 9.21 Å². The van der Waals surface area contributed by atoms with Crippen LogP contribution in [0, 0.1) is 0 Å². The second-order valence-electron chi connectivity index (χ2n) is 5.40. The van der Waals surface area contributed by atoms with Crippen LogP contribution in [0.2, 0.25) is 0 Å². The molecule has 1 aliphatic heterocycles. The molecule has 24 heavy (non-hydrogen) atoms. The zero-order chi connectivity index (χ0) is 16.7. The number of carboxylic acid groups (broad SMARTS) is 1. The van der Waals surface area contributed by atoms with Crippen LogP contribution in [-0.4, -0.2) is 74.6 Å². The predicted octanol–water partition coefficient (Wildman–Crippen LogP) is 0.510. The average Bonchev–Trinajstić information content (AvgIpc) is 2.56. The summed E-state index contributed by atoms with van der Waals surface area (Å²) in [6.45, 7) is 4.62. The van der Waals surface area contributed by atoms with Gasteiger partial charge in [-0.15, -0.1) is 12.4 Å². The lowest BCUT2D eigenvalue weighted by molar-refractivity contribution is 0.0364. The second-order valence-corrected chi connectivity index (χ2v) is 6.44. The number of rotatable bonds is 8. The lowest BCUT2D eigenvalue weighted by Crippen LogP contribution is -2.41. The van der Waals surface area contributed by atoms with E-state index in [1.54, 1.807) is 12.1 Å². The first kappa shape index (κ1) is 20.9. The summed E-state index contributed by atoms with van der Waals surface area (Å²) >= 11 is 0. The summed E-state index contributed by atoms with van der Waals surface area (Å²) < 4.78 is 29.5. The molecular formula is C15H23ClN2O5S. The van der Waals surface area contributed by atoms with Gasteiger partial charge in [-0.3, -0.25) is 4.90 Å². The topological polar surface area (TPSA) is 87.2 Å². The molecular weight excluding hydrogens is 356 g/mol. The molecule has 1 saturated heterocycles. The molecule has 0 atom stereocenters. The molecule has 0 bridgehead atoms. The van der Waals surface area contributed by atoms with Gasteiger partial charge in [0.15, 0.2) is 0 Å². The van der Waals surface area contributed by atoms with Crippen LogP contribution >= 0.6 is 12.4 Å². The van der Waals surface area contributed by atoms with E-state index in [1.807, 2.05) is 0 Å². The van der Waals surface area contributed by atoms with Crippen molar-refractivity contribution >= 4 is 29.3 Å². The molecule has 7 nitrogen and oxygen atoms in total. The molecule has 136 valence electrons. The molecule has 1 aliphatic rings. The van der Waals surface area contributed by atoms with E-state index >= 15 is 0 Å². The van der Waals surface area contributed by atoms with E-state index in [4.69, 9.17) is 9.84 Å². The average molecular weight is 379 g/mol. The van der Waals surface area contributed by atoms with Crippen molar-refractivity contribution < 1.29 is 23.1 Å². The van der Waals surface area contributed by atoms with E-state index < -0.39 is 16.9 Å². The van der Waals surface area contributed by atoms with Crippen LogP contribution in [0.5, 0.6) is 0 Å². The minimum atomic E-state index is -2.62. The quantitative estimate of drug-likeness (QED) is 0.641. The van der Waals surface area contributed by atoms with Crippen molar-refractivity contribution in [1.29, 1.82) is 0 Å². The smallest absolute Gasteiger partial charge is 0.335 e. The molecule has 0 saturated carbocycles. The van der Waals surface area contributed by atoms with Gasteiger partial charge in [0.1, 0.15) is 0 Å². The van der Waals surface area contributed by atoms with Gasteiger partial charge >= 0.3 is 5.97 Å². The monoisotopic (exact) mass is 378 g/mol. The standard InChI is InChI=1S/C15H22N2O5S.ClH/c18-15(19)14-3-1-13(2-4-14)5-6-17(23(20)21)8-7-16-9-11-22-12-10-16;/h1-4,23H,5-12H2,(H,18,19);1H. The van der Waals surface area contributed by atoms with Crippen molar-refractivity contribution in [3.8, 4) is 0 Å². The van der Waals surface area contributed by atoms with Crippen molar-refractivity contribution in [3.63, 3.8) is 0 Å². The van der Waals surface area contributed by atoms with Crippen LogP contribution in [0.3, 0.4) is 0 Å². The molecule has 1 fully saturated rings. The Morgan fingerprint density at radius 2 is 1.79 bits per heavy atom. The zero-order valence-electron chi connectivity index (χ0n) is 13.3. The maximum atomic E-state index is 11.4. The predicted molar refractivity (Wildman–Crippen MR) is 93.5 cm³/mol. The highest BCUT2D eigenvalue weighted by molar-refractivity contribution is 7.69. The Kier molecular flexibility index (Phi) is 9.24. The Labute approximate surface area is 149 Å². The number of morpholine rings is 1. The highest BCUT2D eigenvalue weighted by Gasteiger charge is 2.13. The Morgan fingerprint density at radius 3 is 2.33 bits per heavy atom. The first-order chi connectivity index (χ1) is 11.1. The first-order valence-electron chi connectivity index (χ1n) is 7.58. The highest BCUT2D eigenvalue weighted by atomic mass is 35.5. The first-order valence-corrected chi connectivity index (χ1v) is 8.71. The maximum absolute atomic E-state index is 11.4. The largest absolute Gasteiger partial charge is 0.478 e. The Hall–Kier alpha value is -1.19. The number of carbonyl (C=O) groups is 1. The van der Waals surface area contributed by atoms with Gasteiger partial charge < -0.3 is 9.84 Å². The minimum Gasteiger partial charge on any atom is -0.478 e. The molecule has 0 aromatic heterocycles. The summed E-state index contributed by atoms with van der Waals surface area (Å²) in [5.74, 6) is -0.966. The SMILES string of the molecule is Cl.O=C(O)c1ccc(CCN(CCN2CCOCC2)[SH](=O)=O)cc1. The van der Waals surface area contributed by atoms with Crippen molar-refractivity contribution in [3.05, 3.63) is 35.4 Å². The van der Waals surface area contributed by atoms with E-state index in [0.29, 0.717) is 39.3 Å². The lowest BCUT2D eigenvalue weighted by Gasteiger charge is -2.28. The summed E-state index contributed by atoms with van der Waals surface area (Å²) in [5, 5.41) is 8.86. The molecule has 0 amide bonds. The van der Waals surface area contributed by atoms with E-state index in [2.05, 4.69) is 4.90 Å². The molecule has 1 aromatic carbocycles. The molecule has 0 unspecified atom stereocenters. The third-order valence-corrected chi connectivity index (χ3v) is 4.73. The number of aromatic carboxylic acids is 1. The van der Waals surface area contributed by atoms with Crippen LogP contribution in [-0.2, 0) is 22.0 Å². The minimum absolute atomic E-state index is 0. The third kappa shape index (κ3) is 6.74. The van der Waals surface area contributed by atoms with Crippen molar-refractivity contribution in [2.75, 3.05) is 45.9 Å². The Balaban J connectivity index is 0.00000288. The summed E-state index contributed by atoms with van der Waals surface area (Å²) in [6.07, 6.45) is 0.562. The fourth-order valence-electron chi connectivity index (χ4n) is 2.43. The van der Waals surface area contributed by atoms with Gasteiger partial charge in [-0.1, -0.05) is 12.1 Å². The number of carboxylic acids is 1. The molecule has 0 spiro atoms. The summed E-state index contributed by atoms with van der Waals surface area (Å²) in [4.78, 5) is 13.0. The fraction of sp³-hybridized carbons (Fsp3) is 0.533. The molecule has 0 radical (unpaired) electrons. The molecule has 0 aliphatic carbocycles. The normalized spacial score (nSPS) is 15.4. The van der Waals surface area contributed by atoms with Crippen molar-refractivity contribution in [2.24, 2.45) is 0 Å². The van der Waals surface area contributed by atoms with Crippen LogP contribution in [0.4, 0.5) is 0 Å². The van der Waals surface area contributed by atoms with Crippen LogP contribution in [0.15, 0.2) is 24.3 Å². The Bertz CT molecular complexity index is 580. The molecule has 1 heterocycles. The third-order valence-electron chi connectivity index (χ3n) is 3.87. The highest BCUT2D eigenvalue weighted by Crippen LogP contribution is 2.07. The van der Waals surface area contributed by atoms with Gasteiger partial charge in [0.25, 0.3) is 0 Å². The van der Waals surface area contributed by atoms with Gasteiger partial charge in [-0.2, -0.15) is 0 Å². The van der Waals surface area contributed by atoms with E-state index in [9.17, 15) is 13.2 Å². The summed E-state index contributed by atoms with van der Waals surface area (Å²) in [6, 6.07) is 6.52. The zero-order valence-corrected chi connectivity index (χ0v) is 15.0. The molecule has 2 rings (SSSR count).